The lowest BCUT2D eigenvalue weighted by atomic mass is 10.1. The number of carbonyl (C=O) groups excluding carboxylic acids is 1. The molecule has 4 heteroatoms. The smallest absolute Gasteiger partial charge is 0.257 e. The summed E-state index contributed by atoms with van der Waals surface area (Å²) in [7, 11) is 0. The maximum absolute atomic E-state index is 11.5. The highest BCUT2D eigenvalue weighted by Gasteiger charge is 2.09. The molecule has 0 fully saturated rings. The van der Waals surface area contributed by atoms with E-state index >= 15 is 0 Å². The van der Waals surface area contributed by atoms with Gasteiger partial charge in [0.2, 0.25) is 0 Å². The molecule has 4 nitrogen and oxygen atoms in total. The van der Waals surface area contributed by atoms with Crippen molar-refractivity contribution in [2.24, 2.45) is 5.92 Å². The summed E-state index contributed by atoms with van der Waals surface area (Å²) in [4.78, 5) is 11.5. The van der Waals surface area contributed by atoms with E-state index < -0.39 is 0 Å². The minimum absolute atomic E-state index is 0.0654. The lowest BCUT2D eigenvalue weighted by Crippen LogP contribution is -2.29. The van der Waals surface area contributed by atoms with Crippen LogP contribution >= 0.6 is 0 Å². The number of hydrogen-bond acceptors (Lipinski definition) is 3. The van der Waals surface area contributed by atoms with Crippen LogP contribution in [-0.4, -0.2) is 25.6 Å². The van der Waals surface area contributed by atoms with Crippen molar-refractivity contribution in [3.05, 3.63) is 29.3 Å². The summed E-state index contributed by atoms with van der Waals surface area (Å²) in [5.41, 5.74) is 2.15. The molecule has 1 aromatic carbocycles. The molecule has 0 aromatic heterocycles. The summed E-state index contributed by atoms with van der Waals surface area (Å²) in [5.74, 6) is 1.34. The molecule has 0 saturated carbocycles. The summed E-state index contributed by atoms with van der Waals surface area (Å²) in [6.07, 6.45) is 0. The molecule has 0 aliphatic rings. The highest BCUT2D eigenvalue weighted by molar-refractivity contribution is 5.77. The maximum atomic E-state index is 11.5. The highest BCUT2D eigenvalue weighted by Crippen LogP contribution is 2.23. The molecule has 0 bridgehead atoms. The Morgan fingerprint density at radius 1 is 1.35 bits per heavy atom. The highest BCUT2D eigenvalue weighted by atomic mass is 16.5. The number of hydrogen-bond donors (Lipinski definition) is 2. The molecule has 0 aliphatic carbocycles. The third-order valence-electron chi connectivity index (χ3n) is 2.88. The molecule has 2 N–H and O–H groups in total. The lowest BCUT2D eigenvalue weighted by molar-refractivity contribution is -0.123. The molecular formula is C16H26N2O2. The first-order chi connectivity index (χ1) is 9.54. The average molecular weight is 278 g/mol. The van der Waals surface area contributed by atoms with Crippen LogP contribution in [0.25, 0.3) is 0 Å². The Kier molecular flexibility index (Phi) is 7.09. The summed E-state index contributed by atoms with van der Waals surface area (Å²) in [5, 5.41) is 6.13. The Morgan fingerprint density at radius 2 is 2.10 bits per heavy atom. The molecule has 112 valence electrons. The number of likely N-dealkylation sites (N-methyl/N-ethyl adjacent to an activating group) is 1. The van der Waals surface area contributed by atoms with Crippen LogP contribution in [-0.2, 0) is 11.3 Å². The summed E-state index contributed by atoms with van der Waals surface area (Å²) >= 11 is 0. The fourth-order valence-electron chi connectivity index (χ4n) is 1.94. The third kappa shape index (κ3) is 5.61. The van der Waals surface area contributed by atoms with Crippen LogP contribution in [0.15, 0.2) is 18.2 Å². The van der Waals surface area contributed by atoms with Crippen molar-refractivity contribution in [2.45, 2.75) is 34.2 Å². The Hall–Kier alpha value is -1.55. The van der Waals surface area contributed by atoms with E-state index in [9.17, 15) is 4.79 Å². The number of carbonyl (C=O) groups is 1. The van der Waals surface area contributed by atoms with E-state index in [1.54, 1.807) is 0 Å². The van der Waals surface area contributed by atoms with E-state index in [4.69, 9.17) is 4.74 Å². The average Bonchev–Trinajstić information content (AvgIpc) is 2.38. The van der Waals surface area contributed by atoms with Gasteiger partial charge in [-0.1, -0.05) is 32.0 Å². The van der Waals surface area contributed by atoms with Crippen molar-refractivity contribution < 1.29 is 9.53 Å². The Bertz CT molecular complexity index is 430. The Balaban J connectivity index is 2.65. The SMILES string of the molecule is CCNC(=O)COc1c(C)cccc1CNCC(C)C. The second-order valence-corrected chi connectivity index (χ2v) is 5.33. The van der Waals surface area contributed by atoms with E-state index in [1.807, 2.05) is 32.0 Å². The number of ether oxygens (including phenoxy) is 1. The molecule has 0 aliphatic heterocycles. The summed E-state index contributed by atoms with van der Waals surface area (Å²) < 4.78 is 5.69. The molecule has 0 atom stereocenters. The number of nitrogens with one attached hydrogen (secondary N) is 2. The van der Waals surface area contributed by atoms with Crippen molar-refractivity contribution in [1.29, 1.82) is 0 Å². The first-order valence-corrected chi connectivity index (χ1v) is 7.23. The molecule has 0 unspecified atom stereocenters. The van der Waals surface area contributed by atoms with Crippen LogP contribution in [0.1, 0.15) is 31.9 Å². The van der Waals surface area contributed by atoms with Gasteiger partial charge in [0.05, 0.1) is 0 Å². The zero-order valence-corrected chi connectivity index (χ0v) is 13.0. The van der Waals surface area contributed by atoms with Gasteiger partial charge in [-0.3, -0.25) is 4.79 Å². The fraction of sp³-hybridized carbons (Fsp3) is 0.562. The van der Waals surface area contributed by atoms with Gasteiger partial charge in [-0.05, 0) is 31.9 Å². The molecule has 0 spiro atoms. The molecule has 1 rings (SSSR count). The first kappa shape index (κ1) is 16.5. The Morgan fingerprint density at radius 3 is 2.75 bits per heavy atom. The quantitative estimate of drug-likeness (QED) is 0.767. The lowest BCUT2D eigenvalue weighted by Gasteiger charge is -2.15. The second-order valence-electron chi connectivity index (χ2n) is 5.33. The predicted octanol–water partition coefficient (Wildman–Crippen LogP) is 2.26. The van der Waals surface area contributed by atoms with Crippen LogP contribution in [0.3, 0.4) is 0 Å². The predicted molar refractivity (Wildman–Crippen MR) is 81.9 cm³/mol. The van der Waals surface area contributed by atoms with Crippen LogP contribution in [0.4, 0.5) is 0 Å². The zero-order chi connectivity index (χ0) is 15.0. The zero-order valence-electron chi connectivity index (χ0n) is 13.0. The van der Waals surface area contributed by atoms with E-state index in [0.717, 1.165) is 30.0 Å². The van der Waals surface area contributed by atoms with Crippen molar-refractivity contribution in [2.75, 3.05) is 19.7 Å². The minimum Gasteiger partial charge on any atom is -0.483 e. The molecule has 0 heterocycles. The van der Waals surface area contributed by atoms with Gasteiger partial charge >= 0.3 is 0 Å². The number of aryl methyl sites for hydroxylation is 1. The monoisotopic (exact) mass is 278 g/mol. The fourth-order valence-corrected chi connectivity index (χ4v) is 1.94. The first-order valence-electron chi connectivity index (χ1n) is 7.23. The van der Waals surface area contributed by atoms with Crippen molar-refractivity contribution in [3.63, 3.8) is 0 Å². The van der Waals surface area contributed by atoms with Crippen LogP contribution in [0.2, 0.25) is 0 Å². The van der Waals surface area contributed by atoms with E-state index in [0.29, 0.717) is 12.5 Å². The molecule has 0 radical (unpaired) electrons. The topological polar surface area (TPSA) is 50.4 Å². The van der Waals surface area contributed by atoms with Crippen molar-refractivity contribution in [3.8, 4) is 5.75 Å². The molecule has 1 amide bonds. The number of rotatable bonds is 8. The Labute approximate surface area is 121 Å². The van der Waals surface area contributed by atoms with Crippen molar-refractivity contribution in [1.82, 2.24) is 10.6 Å². The van der Waals surface area contributed by atoms with Gasteiger partial charge in [-0.2, -0.15) is 0 Å². The molecular weight excluding hydrogens is 252 g/mol. The van der Waals surface area contributed by atoms with E-state index in [2.05, 4.69) is 24.5 Å². The molecule has 0 saturated heterocycles. The van der Waals surface area contributed by atoms with Gasteiger partial charge in [-0.15, -0.1) is 0 Å². The normalized spacial score (nSPS) is 10.7. The largest absolute Gasteiger partial charge is 0.483 e. The third-order valence-corrected chi connectivity index (χ3v) is 2.88. The van der Waals surface area contributed by atoms with Gasteiger partial charge in [0.1, 0.15) is 5.75 Å². The van der Waals surface area contributed by atoms with Gasteiger partial charge in [0.15, 0.2) is 6.61 Å². The second kappa shape index (κ2) is 8.59. The molecule has 20 heavy (non-hydrogen) atoms. The van der Waals surface area contributed by atoms with E-state index in [1.165, 1.54) is 0 Å². The molecule has 1 aromatic rings. The van der Waals surface area contributed by atoms with Gasteiger partial charge in [-0.25, -0.2) is 0 Å². The summed E-state index contributed by atoms with van der Waals surface area (Å²) in [6.45, 7) is 10.7. The van der Waals surface area contributed by atoms with Crippen LogP contribution < -0.4 is 15.4 Å². The standard InChI is InChI=1S/C16H26N2O2/c1-5-18-15(19)11-20-16-13(4)7-6-8-14(16)10-17-9-12(2)3/h6-8,12,17H,5,9-11H2,1-4H3,(H,18,19). The van der Waals surface area contributed by atoms with Crippen LogP contribution in [0.5, 0.6) is 5.75 Å². The summed E-state index contributed by atoms with van der Waals surface area (Å²) in [6, 6.07) is 6.05. The van der Waals surface area contributed by atoms with Gasteiger partial charge in [0, 0.05) is 18.7 Å². The minimum atomic E-state index is -0.0863. The van der Waals surface area contributed by atoms with Crippen LogP contribution in [0, 0.1) is 12.8 Å². The number of amides is 1. The van der Waals surface area contributed by atoms with Gasteiger partial charge in [0.25, 0.3) is 5.91 Å². The van der Waals surface area contributed by atoms with Gasteiger partial charge < -0.3 is 15.4 Å². The van der Waals surface area contributed by atoms with Crippen molar-refractivity contribution >= 4 is 5.91 Å². The number of benzene rings is 1. The van der Waals surface area contributed by atoms with E-state index in [-0.39, 0.29) is 12.5 Å². The maximum Gasteiger partial charge on any atom is 0.257 e. The number of para-hydroxylation sites is 1.